The van der Waals surface area contributed by atoms with E-state index in [1.165, 1.54) is 25.0 Å². The number of aryl methyl sites for hydroxylation is 2. The molecule has 0 aliphatic rings. The molecule has 15 heavy (non-hydrogen) atoms. The van der Waals surface area contributed by atoms with Crippen molar-refractivity contribution >= 4 is 15.9 Å². The van der Waals surface area contributed by atoms with Gasteiger partial charge in [0.15, 0.2) is 0 Å². The van der Waals surface area contributed by atoms with Crippen LogP contribution in [0.25, 0.3) is 0 Å². The maximum absolute atomic E-state index is 4.08. The van der Waals surface area contributed by atoms with E-state index >= 15 is 0 Å². The third-order valence-electron chi connectivity index (χ3n) is 2.45. The minimum atomic E-state index is 0.632. The van der Waals surface area contributed by atoms with E-state index in [2.05, 4.69) is 40.1 Å². The Kier molecular flexibility index (Phi) is 5.91. The Bertz CT molecular complexity index is 273. The van der Waals surface area contributed by atoms with Gasteiger partial charge in [0.2, 0.25) is 0 Å². The molecule has 0 aliphatic heterocycles. The third-order valence-corrected chi connectivity index (χ3v) is 3.36. The topological polar surface area (TPSA) is 30.7 Å². The first-order valence-corrected chi connectivity index (χ1v) is 6.70. The first-order chi connectivity index (χ1) is 7.27. The molecule has 0 fully saturated rings. The number of aromatic nitrogens is 3. The van der Waals surface area contributed by atoms with Crippen LogP contribution in [0.3, 0.4) is 0 Å². The Morgan fingerprint density at radius 1 is 1.33 bits per heavy atom. The van der Waals surface area contributed by atoms with Gasteiger partial charge in [0.05, 0.1) is 11.9 Å². The molecule has 0 aliphatic carbocycles. The van der Waals surface area contributed by atoms with E-state index in [1.807, 2.05) is 10.9 Å². The summed E-state index contributed by atoms with van der Waals surface area (Å²) < 4.78 is 2.02. The van der Waals surface area contributed by atoms with Gasteiger partial charge in [-0.2, -0.15) is 0 Å². The van der Waals surface area contributed by atoms with Crippen molar-refractivity contribution in [1.29, 1.82) is 0 Å². The fourth-order valence-electron chi connectivity index (χ4n) is 1.63. The highest BCUT2D eigenvalue weighted by Gasteiger charge is 2.07. The molecule has 86 valence electrons. The Hall–Kier alpha value is -0.380. The van der Waals surface area contributed by atoms with Crippen LogP contribution in [-0.4, -0.2) is 19.8 Å². The van der Waals surface area contributed by atoms with Gasteiger partial charge in [0.1, 0.15) is 0 Å². The standard InChI is InChI=1S/C11H20BrN3/c1-3-5-10(12)6-7-11-9-13-14-15(11)8-4-2/h9-10H,3-8H2,1-2H3. The van der Waals surface area contributed by atoms with Crippen LogP contribution in [0.15, 0.2) is 6.20 Å². The lowest BCUT2D eigenvalue weighted by Crippen LogP contribution is -2.07. The van der Waals surface area contributed by atoms with Crippen molar-refractivity contribution in [3.8, 4) is 0 Å². The lowest BCUT2D eigenvalue weighted by Gasteiger charge is -2.08. The Labute approximate surface area is 100 Å². The highest BCUT2D eigenvalue weighted by molar-refractivity contribution is 9.09. The average Bonchev–Trinajstić information content (AvgIpc) is 2.64. The van der Waals surface area contributed by atoms with Gasteiger partial charge in [-0.25, -0.2) is 4.68 Å². The maximum atomic E-state index is 4.08. The van der Waals surface area contributed by atoms with Crippen molar-refractivity contribution in [2.24, 2.45) is 0 Å². The van der Waals surface area contributed by atoms with Crippen LogP contribution < -0.4 is 0 Å². The van der Waals surface area contributed by atoms with Crippen LogP contribution in [0.2, 0.25) is 0 Å². The van der Waals surface area contributed by atoms with E-state index < -0.39 is 0 Å². The molecular formula is C11H20BrN3. The summed E-state index contributed by atoms with van der Waals surface area (Å²) in [5.74, 6) is 0. The SMILES string of the molecule is CCCC(Br)CCc1cnnn1CCC. The Balaban J connectivity index is 2.39. The van der Waals surface area contributed by atoms with Gasteiger partial charge in [0.25, 0.3) is 0 Å². The Morgan fingerprint density at radius 3 is 2.80 bits per heavy atom. The lowest BCUT2D eigenvalue weighted by molar-refractivity contribution is 0.546. The smallest absolute Gasteiger partial charge is 0.0725 e. The second-order valence-electron chi connectivity index (χ2n) is 3.87. The van der Waals surface area contributed by atoms with Crippen molar-refractivity contribution in [1.82, 2.24) is 15.0 Å². The number of hydrogen-bond donors (Lipinski definition) is 0. The maximum Gasteiger partial charge on any atom is 0.0725 e. The summed E-state index contributed by atoms with van der Waals surface area (Å²) in [7, 11) is 0. The van der Waals surface area contributed by atoms with Gasteiger partial charge >= 0.3 is 0 Å². The fraction of sp³-hybridized carbons (Fsp3) is 0.818. The first-order valence-electron chi connectivity index (χ1n) is 5.79. The van der Waals surface area contributed by atoms with Crippen LogP contribution in [-0.2, 0) is 13.0 Å². The normalized spacial score (nSPS) is 13.0. The van der Waals surface area contributed by atoms with E-state index in [0.29, 0.717) is 4.83 Å². The van der Waals surface area contributed by atoms with Gasteiger partial charge in [-0.1, -0.05) is 41.4 Å². The largest absolute Gasteiger partial charge is 0.249 e. The molecule has 3 nitrogen and oxygen atoms in total. The predicted octanol–water partition coefficient (Wildman–Crippen LogP) is 3.18. The lowest BCUT2D eigenvalue weighted by atomic mass is 10.1. The fourth-order valence-corrected chi connectivity index (χ4v) is 2.32. The summed E-state index contributed by atoms with van der Waals surface area (Å²) in [6.07, 6.45) is 7.73. The van der Waals surface area contributed by atoms with Crippen LogP contribution in [0, 0.1) is 0 Å². The zero-order chi connectivity index (χ0) is 11.1. The summed E-state index contributed by atoms with van der Waals surface area (Å²) in [6.45, 7) is 5.36. The second kappa shape index (κ2) is 6.99. The van der Waals surface area contributed by atoms with Crippen LogP contribution in [0.5, 0.6) is 0 Å². The minimum Gasteiger partial charge on any atom is -0.249 e. The summed E-state index contributed by atoms with van der Waals surface area (Å²) in [6, 6.07) is 0. The van der Waals surface area contributed by atoms with Gasteiger partial charge in [-0.05, 0) is 25.7 Å². The van der Waals surface area contributed by atoms with E-state index in [0.717, 1.165) is 19.4 Å². The second-order valence-corrected chi connectivity index (χ2v) is 5.17. The molecule has 4 heteroatoms. The van der Waals surface area contributed by atoms with Crippen molar-refractivity contribution in [3.63, 3.8) is 0 Å². The molecule has 0 saturated heterocycles. The molecular weight excluding hydrogens is 254 g/mol. The van der Waals surface area contributed by atoms with E-state index in [9.17, 15) is 0 Å². The molecule has 1 aromatic rings. The number of hydrogen-bond acceptors (Lipinski definition) is 2. The van der Waals surface area contributed by atoms with Crippen molar-refractivity contribution < 1.29 is 0 Å². The highest BCUT2D eigenvalue weighted by atomic mass is 79.9. The molecule has 0 amide bonds. The van der Waals surface area contributed by atoms with Crippen molar-refractivity contribution in [2.45, 2.75) is 57.3 Å². The van der Waals surface area contributed by atoms with Crippen molar-refractivity contribution in [3.05, 3.63) is 11.9 Å². The van der Waals surface area contributed by atoms with Crippen LogP contribution in [0.4, 0.5) is 0 Å². The van der Waals surface area contributed by atoms with Crippen LogP contribution >= 0.6 is 15.9 Å². The highest BCUT2D eigenvalue weighted by Crippen LogP contribution is 2.15. The summed E-state index contributed by atoms with van der Waals surface area (Å²) in [4.78, 5) is 0.632. The molecule has 1 heterocycles. The van der Waals surface area contributed by atoms with Gasteiger partial charge in [0, 0.05) is 11.4 Å². The Morgan fingerprint density at radius 2 is 2.13 bits per heavy atom. The molecule has 1 aromatic heterocycles. The molecule has 1 atom stereocenters. The number of alkyl halides is 1. The van der Waals surface area contributed by atoms with Crippen molar-refractivity contribution in [2.75, 3.05) is 0 Å². The van der Waals surface area contributed by atoms with E-state index in [4.69, 9.17) is 0 Å². The molecule has 0 radical (unpaired) electrons. The zero-order valence-electron chi connectivity index (χ0n) is 9.62. The van der Waals surface area contributed by atoms with Gasteiger partial charge < -0.3 is 0 Å². The van der Waals surface area contributed by atoms with Crippen LogP contribution in [0.1, 0.15) is 45.2 Å². The quantitative estimate of drug-likeness (QED) is 0.715. The van der Waals surface area contributed by atoms with Gasteiger partial charge in [-0.3, -0.25) is 0 Å². The number of halogens is 1. The zero-order valence-corrected chi connectivity index (χ0v) is 11.2. The summed E-state index contributed by atoms with van der Waals surface area (Å²) >= 11 is 3.70. The summed E-state index contributed by atoms with van der Waals surface area (Å²) in [5, 5.41) is 8.04. The van der Waals surface area contributed by atoms with E-state index in [1.54, 1.807) is 0 Å². The molecule has 0 N–H and O–H groups in total. The molecule has 0 saturated carbocycles. The van der Waals surface area contributed by atoms with Gasteiger partial charge in [-0.15, -0.1) is 5.10 Å². The molecule has 0 aromatic carbocycles. The predicted molar refractivity (Wildman–Crippen MR) is 66.3 cm³/mol. The summed E-state index contributed by atoms with van der Waals surface area (Å²) in [5.41, 5.74) is 1.26. The molecule has 0 bridgehead atoms. The molecule has 0 spiro atoms. The molecule has 1 rings (SSSR count). The monoisotopic (exact) mass is 273 g/mol. The average molecular weight is 274 g/mol. The van der Waals surface area contributed by atoms with E-state index in [-0.39, 0.29) is 0 Å². The number of rotatable bonds is 7. The minimum absolute atomic E-state index is 0.632. The number of nitrogens with zero attached hydrogens (tertiary/aromatic N) is 3. The molecule has 1 unspecified atom stereocenters. The first kappa shape index (κ1) is 12.7. The third kappa shape index (κ3) is 4.33.